The normalized spacial score (nSPS) is 12.4. The fraction of sp³-hybridized carbons (Fsp3) is 0.462. The molecule has 0 aromatic heterocycles. The molecule has 0 fully saturated rings. The smallest absolute Gasteiger partial charge is 0.220 e. The first kappa shape index (κ1) is 16.9. The van der Waals surface area contributed by atoms with E-state index in [-0.39, 0.29) is 18.3 Å². The van der Waals surface area contributed by atoms with Crippen LogP contribution in [0.3, 0.4) is 0 Å². The van der Waals surface area contributed by atoms with Crippen molar-refractivity contribution in [3.05, 3.63) is 18.2 Å². The first-order valence-corrected chi connectivity index (χ1v) is 7.27. The average Bonchev–Trinajstić information content (AvgIpc) is 2.45. The van der Waals surface area contributed by atoms with Crippen LogP contribution >= 0.6 is 24.2 Å². The topological polar surface area (TPSA) is 73.6 Å². The molecule has 1 amide bonds. The van der Waals surface area contributed by atoms with Gasteiger partial charge in [-0.25, -0.2) is 0 Å². The summed E-state index contributed by atoms with van der Waals surface area (Å²) >= 11 is 1.63. The summed E-state index contributed by atoms with van der Waals surface area (Å²) in [6.07, 6.45) is 0.485. The second kappa shape index (κ2) is 8.94. The number of nitrogens with two attached hydrogens (primary N) is 1. The molecule has 112 valence electrons. The zero-order chi connectivity index (χ0) is 13.5. The summed E-state index contributed by atoms with van der Waals surface area (Å²) in [7, 11) is 0. The van der Waals surface area contributed by atoms with Crippen molar-refractivity contribution >= 4 is 30.1 Å². The number of amides is 1. The lowest BCUT2D eigenvalue weighted by Gasteiger charge is -2.18. The van der Waals surface area contributed by atoms with Crippen molar-refractivity contribution in [1.29, 1.82) is 0 Å². The number of carbonyl (C=O) groups is 1. The van der Waals surface area contributed by atoms with Gasteiger partial charge in [-0.15, -0.1) is 24.2 Å². The summed E-state index contributed by atoms with van der Waals surface area (Å²) in [5, 5.41) is 2.75. The third kappa shape index (κ3) is 5.11. The van der Waals surface area contributed by atoms with Crippen molar-refractivity contribution in [2.24, 2.45) is 5.73 Å². The maximum atomic E-state index is 11.4. The summed E-state index contributed by atoms with van der Waals surface area (Å²) in [6, 6.07) is 5.85. The van der Waals surface area contributed by atoms with Gasteiger partial charge >= 0.3 is 0 Å². The predicted octanol–water partition coefficient (Wildman–Crippen LogP) is 1.44. The molecular formula is C13H19ClN2O3S. The van der Waals surface area contributed by atoms with Crippen LogP contribution in [0, 0.1) is 0 Å². The average molecular weight is 319 g/mol. The molecule has 2 rings (SSSR count). The molecule has 5 nitrogen and oxygen atoms in total. The molecule has 1 heterocycles. The Morgan fingerprint density at radius 3 is 2.80 bits per heavy atom. The van der Waals surface area contributed by atoms with Crippen LogP contribution in [0.25, 0.3) is 0 Å². The molecule has 0 atom stereocenters. The van der Waals surface area contributed by atoms with Crippen LogP contribution < -0.4 is 20.5 Å². The summed E-state index contributed by atoms with van der Waals surface area (Å²) in [5.74, 6) is 2.34. The highest BCUT2D eigenvalue weighted by Gasteiger charge is 2.11. The Kier molecular flexibility index (Phi) is 7.58. The van der Waals surface area contributed by atoms with Gasteiger partial charge in [-0.3, -0.25) is 4.79 Å². The number of hydrogen-bond acceptors (Lipinski definition) is 5. The standard InChI is InChI=1S/C13H18N2O3S.ClH/c14-4-5-15-13(16)3-8-19-10-1-2-11-12(9-10)18-7-6-17-11;/h1-2,9H,3-8,14H2,(H,15,16);1H. The van der Waals surface area contributed by atoms with Crippen LogP contribution in [0.1, 0.15) is 6.42 Å². The Balaban J connectivity index is 0.00000200. The van der Waals surface area contributed by atoms with Crippen LogP contribution in [0.2, 0.25) is 0 Å². The van der Waals surface area contributed by atoms with E-state index in [0.29, 0.717) is 32.7 Å². The molecule has 0 saturated carbocycles. The van der Waals surface area contributed by atoms with Crippen molar-refractivity contribution in [3.63, 3.8) is 0 Å². The van der Waals surface area contributed by atoms with Crippen LogP contribution in [0.5, 0.6) is 11.5 Å². The SMILES string of the molecule is Cl.NCCNC(=O)CCSc1ccc2c(c1)OCCO2. The Bertz CT molecular complexity index is 446. The van der Waals surface area contributed by atoms with Crippen molar-refractivity contribution in [2.75, 3.05) is 32.1 Å². The molecule has 7 heteroatoms. The fourth-order valence-electron chi connectivity index (χ4n) is 1.68. The molecule has 0 bridgehead atoms. The van der Waals surface area contributed by atoms with Crippen LogP contribution in [0.15, 0.2) is 23.1 Å². The highest BCUT2D eigenvalue weighted by Crippen LogP contribution is 2.34. The minimum atomic E-state index is 0. The van der Waals surface area contributed by atoms with E-state index in [1.807, 2.05) is 18.2 Å². The highest BCUT2D eigenvalue weighted by atomic mass is 35.5. The summed E-state index contributed by atoms with van der Waals surface area (Å²) in [4.78, 5) is 12.5. The molecule has 1 aliphatic heterocycles. The van der Waals surface area contributed by atoms with E-state index in [0.717, 1.165) is 22.1 Å². The van der Waals surface area contributed by atoms with Crippen molar-refractivity contribution < 1.29 is 14.3 Å². The van der Waals surface area contributed by atoms with Gasteiger partial charge in [0.25, 0.3) is 0 Å². The number of halogens is 1. The second-order valence-electron chi connectivity index (χ2n) is 4.04. The van der Waals surface area contributed by atoms with E-state index >= 15 is 0 Å². The van der Waals surface area contributed by atoms with Gasteiger partial charge in [-0.2, -0.15) is 0 Å². The van der Waals surface area contributed by atoms with Gasteiger partial charge in [-0.05, 0) is 18.2 Å². The van der Waals surface area contributed by atoms with Gasteiger partial charge in [0.05, 0.1) is 0 Å². The Morgan fingerprint density at radius 1 is 1.30 bits per heavy atom. The largest absolute Gasteiger partial charge is 0.486 e. The van der Waals surface area contributed by atoms with Crippen molar-refractivity contribution in [1.82, 2.24) is 5.32 Å². The van der Waals surface area contributed by atoms with Crippen LogP contribution in [0.4, 0.5) is 0 Å². The molecule has 3 N–H and O–H groups in total. The predicted molar refractivity (Wildman–Crippen MR) is 82.1 cm³/mol. The summed E-state index contributed by atoms with van der Waals surface area (Å²) in [5.41, 5.74) is 5.32. The summed E-state index contributed by atoms with van der Waals surface area (Å²) in [6.45, 7) is 2.19. The second-order valence-corrected chi connectivity index (χ2v) is 5.21. The molecule has 1 aromatic carbocycles. The van der Waals surface area contributed by atoms with Gasteiger partial charge in [0.2, 0.25) is 5.91 Å². The first-order chi connectivity index (χ1) is 9.29. The number of benzene rings is 1. The van der Waals surface area contributed by atoms with Crippen LogP contribution in [-0.2, 0) is 4.79 Å². The lowest BCUT2D eigenvalue weighted by atomic mass is 10.3. The van der Waals surface area contributed by atoms with Gasteiger partial charge in [0.1, 0.15) is 13.2 Å². The van der Waals surface area contributed by atoms with Crippen molar-refractivity contribution in [3.8, 4) is 11.5 Å². The van der Waals surface area contributed by atoms with Crippen LogP contribution in [-0.4, -0.2) is 38.0 Å². The zero-order valence-electron chi connectivity index (χ0n) is 11.1. The monoisotopic (exact) mass is 318 g/mol. The molecule has 0 radical (unpaired) electrons. The number of thioether (sulfide) groups is 1. The third-order valence-corrected chi connectivity index (χ3v) is 3.57. The van der Waals surface area contributed by atoms with E-state index in [1.165, 1.54) is 0 Å². The number of rotatable bonds is 6. The van der Waals surface area contributed by atoms with E-state index in [1.54, 1.807) is 11.8 Å². The number of hydrogen-bond donors (Lipinski definition) is 2. The number of nitrogens with one attached hydrogen (secondary N) is 1. The fourth-order valence-corrected chi connectivity index (χ4v) is 2.55. The Labute approximate surface area is 129 Å². The number of carbonyl (C=O) groups excluding carboxylic acids is 1. The molecule has 20 heavy (non-hydrogen) atoms. The molecule has 0 aliphatic carbocycles. The third-order valence-electron chi connectivity index (χ3n) is 2.58. The van der Waals surface area contributed by atoms with E-state index in [4.69, 9.17) is 15.2 Å². The highest BCUT2D eigenvalue weighted by molar-refractivity contribution is 7.99. The number of fused-ring (bicyclic) bond motifs is 1. The van der Waals surface area contributed by atoms with E-state index in [9.17, 15) is 4.79 Å². The van der Waals surface area contributed by atoms with E-state index < -0.39 is 0 Å². The lowest BCUT2D eigenvalue weighted by molar-refractivity contribution is -0.120. The first-order valence-electron chi connectivity index (χ1n) is 6.29. The van der Waals surface area contributed by atoms with Gasteiger partial charge in [0, 0.05) is 30.2 Å². The Hall–Kier alpha value is -1.11. The van der Waals surface area contributed by atoms with Gasteiger partial charge in [-0.1, -0.05) is 0 Å². The molecule has 1 aromatic rings. The Morgan fingerprint density at radius 2 is 2.05 bits per heavy atom. The molecule has 0 spiro atoms. The molecular weight excluding hydrogens is 300 g/mol. The van der Waals surface area contributed by atoms with Gasteiger partial charge in [0.15, 0.2) is 11.5 Å². The zero-order valence-corrected chi connectivity index (χ0v) is 12.7. The number of ether oxygens (including phenoxy) is 2. The quantitative estimate of drug-likeness (QED) is 0.776. The molecule has 0 unspecified atom stereocenters. The minimum Gasteiger partial charge on any atom is -0.486 e. The summed E-state index contributed by atoms with van der Waals surface area (Å²) < 4.78 is 11.0. The van der Waals surface area contributed by atoms with E-state index in [2.05, 4.69) is 5.32 Å². The van der Waals surface area contributed by atoms with Gasteiger partial charge < -0.3 is 20.5 Å². The molecule has 1 aliphatic rings. The lowest BCUT2D eigenvalue weighted by Crippen LogP contribution is -2.29. The maximum absolute atomic E-state index is 11.4. The molecule has 0 saturated heterocycles. The minimum absolute atomic E-state index is 0. The maximum Gasteiger partial charge on any atom is 0.220 e. The van der Waals surface area contributed by atoms with Crippen molar-refractivity contribution in [2.45, 2.75) is 11.3 Å².